The summed E-state index contributed by atoms with van der Waals surface area (Å²) >= 11 is 5.83. The van der Waals surface area contributed by atoms with Gasteiger partial charge in [-0.3, -0.25) is 19.3 Å². The van der Waals surface area contributed by atoms with Crippen molar-refractivity contribution in [2.24, 2.45) is 11.8 Å². The summed E-state index contributed by atoms with van der Waals surface area (Å²) in [6.07, 6.45) is 3.74. The first-order chi connectivity index (χ1) is 13.0. The third kappa shape index (κ3) is 4.61. The Balaban J connectivity index is 1.42. The van der Waals surface area contributed by atoms with Gasteiger partial charge in [0.15, 0.2) is 0 Å². The van der Waals surface area contributed by atoms with E-state index < -0.39 is 0 Å². The highest BCUT2D eigenvalue weighted by Crippen LogP contribution is 2.37. The molecule has 1 aliphatic heterocycles. The summed E-state index contributed by atoms with van der Waals surface area (Å²) in [5, 5.41) is 0.639. The SMILES string of the molecule is CN(CCOc1ccc(Cl)cc1)C(=O)CCN1C(=O)C2CCCCC2C1=O. The molecule has 0 spiro atoms. The molecule has 1 saturated heterocycles. The summed E-state index contributed by atoms with van der Waals surface area (Å²) in [6.45, 7) is 0.954. The lowest BCUT2D eigenvalue weighted by Crippen LogP contribution is -2.37. The van der Waals surface area contributed by atoms with Crippen molar-refractivity contribution in [1.82, 2.24) is 9.80 Å². The van der Waals surface area contributed by atoms with Gasteiger partial charge < -0.3 is 9.64 Å². The van der Waals surface area contributed by atoms with Crippen molar-refractivity contribution in [3.05, 3.63) is 29.3 Å². The second-order valence-electron chi connectivity index (χ2n) is 7.19. The molecule has 1 heterocycles. The van der Waals surface area contributed by atoms with Gasteiger partial charge in [-0.05, 0) is 37.1 Å². The number of carbonyl (C=O) groups is 3. The van der Waals surface area contributed by atoms with Gasteiger partial charge >= 0.3 is 0 Å². The lowest BCUT2D eigenvalue weighted by molar-refractivity contribution is -0.140. The van der Waals surface area contributed by atoms with Gasteiger partial charge in [-0.2, -0.15) is 0 Å². The van der Waals surface area contributed by atoms with E-state index in [0.717, 1.165) is 25.7 Å². The van der Waals surface area contributed by atoms with Crippen LogP contribution in [0, 0.1) is 11.8 Å². The molecule has 0 aromatic heterocycles. The van der Waals surface area contributed by atoms with Gasteiger partial charge in [-0.1, -0.05) is 24.4 Å². The standard InChI is InChI=1S/C20H25ClN2O4/c1-22(12-13-27-15-8-6-14(21)7-9-15)18(24)10-11-23-19(25)16-4-2-3-5-17(16)20(23)26/h6-9,16-17H,2-5,10-13H2,1H3. The Morgan fingerprint density at radius 2 is 1.74 bits per heavy atom. The van der Waals surface area contributed by atoms with Crippen molar-refractivity contribution in [3.8, 4) is 5.75 Å². The Labute approximate surface area is 164 Å². The fourth-order valence-electron chi connectivity index (χ4n) is 3.81. The molecule has 146 valence electrons. The smallest absolute Gasteiger partial charge is 0.233 e. The maximum absolute atomic E-state index is 12.4. The number of hydrogen-bond acceptors (Lipinski definition) is 4. The van der Waals surface area contributed by atoms with Crippen molar-refractivity contribution in [2.75, 3.05) is 26.7 Å². The van der Waals surface area contributed by atoms with E-state index in [1.165, 1.54) is 4.90 Å². The lowest BCUT2D eigenvalue weighted by Gasteiger charge is -2.20. The number of ether oxygens (including phenoxy) is 1. The van der Waals surface area contributed by atoms with Gasteiger partial charge in [-0.25, -0.2) is 0 Å². The zero-order valence-corrected chi connectivity index (χ0v) is 16.3. The van der Waals surface area contributed by atoms with Crippen LogP contribution in [-0.2, 0) is 14.4 Å². The molecule has 2 unspecified atom stereocenters. The first kappa shape index (κ1) is 19.7. The zero-order valence-electron chi connectivity index (χ0n) is 15.5. The van der Waals surface area contributed by atoms with E-state index in [0.29, 0.717) is 23.9 Å². The molecule has 0 bridgehead atoms. The number of amides is 3. The molecule has 3 rings (SSSR count). The number of likely N-dealkylation sites (tertiary alicyclic amines) is 1. The van der Waals surface area contributed by atoms with Crippen molar-refractivity contribution in [3.63, 3.8) is 0 Å². The van der Waals surface area contributed by atoms with Crippen LogP contribution in [-0.4, -0.2) is 54.3 Å². The van der Waals surface area contributed by atoms with Gasteiger partial charge in [-0.15, -0.1) is 0 Å². The highest BCUT2D eigenvalue weighted by Gasteiger charge is 2.47. The molecule has 1 aromatic rings. The third-order valence-electron chi connectivity index (χ3n) is 5.42. The van der Waals surface area contributed by atoms with Crippen molar-refractivity contribution >= 4 is 29.3 Å². The van der Waals surface area contributed by atoms with E-state index in [1.54, 1.807) is 36.2 Å². The predicted molar refractivity (Wildman–Crippen MR) is 101 cm³/mol. The Hall–Kier alpha value is -2.08. The average Bonchev–Trinajstić information content (AvgIpc) is 2.92. The summed E-state index contributed by atoms with van der Waals surface area (Å²) in [5.41, 5.74) is 0. The molecular formula is C20H25ClN2O4. The second kappa shape index (κ2) is 8.74. The number of halogens is 1. The molecule has 7 heteroatoms. The first-order valence-corrected chi connectivity index (χ1v) is 9.82. The quantitative estimate of drug-likeness (QED) is 0.669. The number of benzene rings is 1. The molecule has 1 aromatic carbocycles. The van der Waals surface area contributed by atoms with E-state index in [-0.39, 0.29) is 42.5 Å². The van der Waals surface area contributed by atoms with E-state index in [2.05, 4.69) is 0 Å². The van der Waals surface area contributed by atoms with Crippen LogP contribution in [0.1, 0.15) is 32.1 Å². The highest BCUT2D eigenvalue weighted by atomic mass is 35.5. The van der Waals surface area contributed by atoms with Crippen LogP contribution in [0.4, 0.5) is 0 Å². The first-order valence-electron chi connectivity index (χ1n) is 9.45. The minimum Gasteiger partial charge on any atom is -0.492 e. The topological polar surface area (TPSA) is 66.9 Å². The van der Waals surface area contributed by atoms with Crippen molar-refractivity contribution < 1.29 is 19.1 Å². The summed E-state index contributed by atoms with van der Waals surface area (Å²) in [4.78, 5) is 40.1. The molecule has 2 aliphatic rings. The minimum absolute atomic E-state index is 0.0915. The molecule has 3 amide bonds. The number of hydrogen-bond donors (Lipinski definition) is 0. The van der Waals surface area contributed by atoms with E-state index in [1.807, 2.05) is 0 Å². The Kier molecular flexibility index (Phi) is 6.37. The summed E-state index contributed by atoms with van der Waals surface area (Å²) < 4.78 is 5.59. The van der Waals surface area contributed by atoms with Gasteiger partial charge in [0.25, 0.3) is 0 Å². The molecule has 0 radical (unpaired) electrons. The molecule has 2 atom stereocenters. The number of rotatable bonds is 7. The average molecular weight is 393 g/mol. The highest BCUT2D eigenvalue weighted by molar-refractivity contribution is 6.30. The van der Waals surface area contributed by atoms with E-state index in [4.69, 9.17) is 16.3 Å². The normalized spacial score (nSPS) is 21.9. The zero-order chi connectivity index (χ0) is 19.4. The number of likely N-dealkylation sites (N-methyl/N-ethyl adjacent to an activating group) is 1. The largest absolute Gasteiger partial charge is 0.492 e. The monoisotopic (exact) mass is 392 g/mol. The molecule has 2 fully saturated rings. The third-order valence-corrected chi connectivity index (χ3v) is 5.67. The molecular weight excluding hydrogens is 368 g/mol. The second-order valence-corrected chi connectivity index (χ2v) is 7.63. The van der Waals surface area contributed by atoms with Crippen LogP contribution >= 0.6 is 11.6 Å². The molecule has 6 nitrogen and oxygen atoms in total. The van der Waals surface area contributed by atoms with Crippen molar-refractivity contribution in [2.45, 2.75) is 32.1 Å². The summed E-state index contributed by atoms with van der Waals surface area (Å²) in [5.74, 6) is 0.0810. The van der Waals surface area contributed by atoms with Crippen LogP contribution in [0.15, 0.2) is 24.3 Å². The van der Waals surface area contributed by atoms with Crippen molar-refractivity contribution in [1.29, 1.82) is 0 Å². The number of nitrogens with zero attached hydrogens (tertiary/aromatic N) is 2. The van der Waals surface area contributed by atoms with Crippen LogP contribution in [0.3, 0.4) is 0 Å². The Morgan fingerprint density at radius 3 is 2.33 bits per heavy atom. The lowest BCUT2D eigenvalue weighted by atomic mass is 9.81. The van der Waals surface area contributed by atoms with E-state index in [9.17, 15) is 14.4 Å². The molecule has 1 saturated carbocycles. The number of fused-ring (bicyclic) bond motifs is 1. The van der Waals surface area contributed by atoms with Gasteiger partial charge in [0, 0.05) is 25.0 Å². The molecule has 1 aliphatic carbocycles. The number of imide groups is 1. The number of carbonyl (C=O) groups excluding carboxylic acids is 3. The maximum atomic E-state index is 12.4. The summed E-state index contributed by atoms with van der Waals surface area (Å²) in [7, 11) is 1.70. The Morgan fingerprint density at radius 1 is 1.15 bits per heavy atom. The fraction of sp³-hybridized carbons (Fsp3) is 0.550. The molecule has 27 heavy (non-hydrogen) atoms. The summed E-state index contributed by atoms with van der Waals surface area (Å²) in [6, 6.07) is 7.03. The fourth-order valence-corrected chi connectivity index (χ4v) is 3.93. The van der Waals surface area contributed by atoms with Gasteiger partial charge in [0.2, 0.25) is 17.7 Å². The van der Waals surface area contributed by atoms with Crippen LogP contribution in [0.5, 0.6) is 5.75 Å². The van der Waals surface area contributed by atoms with Crippen LogP contribution in [0.25, 0.3) is 0 Å². The predicted octanol–water partition coefficient (Wildman–Crippen LogP) is 2.74. The Bertz CT molecular complexity index is 682. The van der Waals surface area contributed by atoms with Crippen LogP contribution < -0.4 is 4.74 Å². The van der Waals surface area contributed by atoms with E-state index >= 15 is 0 Å². The van der Waals surface area contributed by atoms with Crippen LogP contribution in [0.2, 0.25) is 5.02 Å². The molecule has 0 N–H and O–H groups in total. The van der Waals surface area contributed by atoms with Gasteiger partial charge in [0.05, 0.1) is 18.4 Å². The van der Waals surface area contributed by atoms with Gasteiger partial charge in [0.1, 0.15) is 12.4 Å². The maximum Gasteiger partial charge on any atom is 0.233 e. The minimum atomic E-state index is -0.160.